The predicted octanol–water partition coefficient (Wildman–Crippen LogP) is 2.52. The topological polar surface area (TPSA) is 26.3 Å². The monoisotopic (exact) mass is 288 g/mol. The number of ether oxygens (including phenoxy) is 1. The Morgan fingerprint density at radius 2 is 2.08 bits per heavy atom. The molecular formula is C10H9IO2. The zero-order valence-electron chi connectivity index (χ0n) is 7.00. The van der Waals surface area contributed by atoms with Gasteiger partial charge in [0.25, 0.3) is 0 Å². The second-order valence-electron chi connectivity index (χ2n) is 2.44. The molecule has 0 aromatic heterocycles. The molecule has 2 nitrogen and oxygen atoms in total. The fourth-order valence-corrected chi connectivity index (χ4v) is 1.15. The summed E-state index contributed by atoms with van der Waals surface area (Å²) in [7, 11) is 0. The van der Waals surface area contributed by atoms with E-state index in [-0.39, 0.29) is 0 Å². The van der Waals surface area contributed by atoms with Gasteiger partial charge in [-0.25, -0.2) is 4.79 Å². The molecular weight excluding hydrogens is 279 g/mol. The zero-order valence-corrected chi connectivity index (χ0v) is 9.15. The molecule has 13 heavy (non-hydrogen) atoms. The van der Waals surface area contributed by atoms with Crippen molar-refractivity contribution in [3.8, 4) is 0 Å². The van der Waals surface area contributed by atoms with Gasteiger partial charge in [0.05, 0.1) is 0 Å². The minimum Gasteiger partial charge on any atom is -0.458 e. The Labute approximate surface area is 90.7 Å². The molecule has 0 saturated carbocycles. The van der Waals surface area contributed by atoms with Gasteiger partial charge in [-0.1, -0.05) is 18.7 Å². The summed E-state index contributed by atoms with van der Waals surface area (Å²) in [5, 5.41) is 0. The van der Waals surface area contributed by atoms with E-state index >= 15 is 0 Å². The summed E-state index contributed by atoms with van der Waals surface area (Å²) < 4.78 is 6.02. The maximum atomic E-state index is 10.7. The van der Waals surface area contributed by atoms with Crippen LogP contribution in [0.15, 0.2) is 36.9 Å². The molecule has 0 aliphatic heterocycles. The van der Waals surface area contributed by atoms with Crippen LogP contribution in [0.4, 0.5) is 0 Å². The number of carbonyl (C=O) groups excluding carboxylic acids is 1. The van der Waals surface area contributed by atoms with Crippen LogP contribution in [0, 0.1) is 3.57 Å². The largest absolute Gasteiger partial charge is 0.458 e. The number of rotatable bonds is 3. The van der Waals surface area contributed by atoms with Crippen molar-refractivity contribution in [1.82, 2.24) is 0 Å². The second-order valence-corrected chi connectivity index (χ2v) is 3.68. The first-order valence-electron chi connectivity index (χ1n) is 3.76. The van der Waals surface area contributed by atoms with E-state index in [4.69, 9.17) is 4.74 Å². The Morgan fingerprint density at radius 1 is 1.46 bits per heavy atom. The van der Waals surface area contributed by atoms with Gasteiger partial charge in [-0.15, -0.1) is 0 Å². The number of esters is 1. The average molecular weight is 288 g/mol. The summed E-state index contributed by atoms with van der Waals surface area (Å²) in [5.74, 6) is -0.390. The van der Waals surface area contributed by atoms with Gasteiger partial charge in [-0.05, 0) is 40.3 Å². The van der Waals surface area contributed by atoms with E-state index in [0.717, 1.165) is 15.2 Å². The molecule has 0 unspecified atom stereocenters. The molecule has 0 spiro atoms. The molecule has 0 amide bonds. The Morgan fingerprint density at radius 3 is 2.62 bits per heavy atom. The van der Waals surface area contributed by atoms with Crippen LogP contribution < -0.4 is 0 Å². The number of hydrogen-bond acceptors (Lipinski definition) is 2. The SMILES string of the molecule is C=CC(=O)OCc1ccc(I)cc1. The van der Waals surface area contributed by atoms with Crippen molar-refractivity contribution in [2.24, 2.45) is 0 Å². The van der Waals surface area contributed by atoms with Crippen LogP contribution in [0.5, 0.6) is 0 Å². The van der Waals surface area contributed by atoms with Gasteiger partial charge in [-0.3, -0.25) is 0 Å². The minimum atomic E-state index is -0.390. The van der Waals surface area contributed by atoms with Gasteiger partial charge < -0.3 is 4.74 Å². The van der Waals surface area contributed by atoms with Crippen molar-refractivity contribution in [1.29, 1.82) is 0 Å². The number of hydrogen-bond donors (Lipinski definition) is 0. The summed E-state index contributed by atoms with van der Waals surface area (Å²) >= 11 is 2.22. The molecule has 68 valence electrons. The van der Waals surface area contributed by atoms with Crippen molar-refractivity contribution in [3.05, 3.63) is 46.1 Å². The summed E-state index contributed by atoms with van der Waals surface area (Å²) in [4.78, 5) is 10.7. The normalized spacial score (nSPS) is 9.31. The number of halogens is 1. The standard InChI is InChI=1S/C10H9IO2/c1-2-10(12)13-7-8-3-5-9(11)6-4-8/h2-6H,1,7H2. The third-order valence-corrected chi connectivity index (χ3v) is 2.18. The van der Waals surface area contributed by atoms with Crippen LogP contribution in [0.2, 0.25) is 0 Å². The van der Waals surface area contributed by atoms with Crippen molar-refractivity contribution >= 4 is 28.6 Å². The molecule has 0 bridgehead atoms. The van der Waals surface area contributed by atoms with E-state index in [9.17, 15) is 4.79 Å². The first-order chi connectivity index (χ1) is 6.22. The molecule has 0 fully saturated rings. The highest BCUT2D eigenvalue weighted by Gasteiger charge is 1.96. The van der Waals surface area contributed by atoms with Crippen molar-refractivity contribution in [3.63, 3.8) is 0 Å². The van der Waals surface area contributed by atoms with Crippen LogP contribution in [-0.2, 0) is 16.1 Å². The van der Waals surface area contributed by atoms with Gasteiger partial charge in [0, 0.05) is 9.65 Å². The van der Waals surface area contributed by atoms with Gasteiger partial charge in [-0.2, -0.15) is 0 Å². The first kappa shape index (κ1) is 10.2. The van der Waals surface area contributed by atoms with Crippen LogP contribution in [0.3, 0.4) is 0 Å². The summed E-state index contributed by atoms with van der Waals surface area (Å²) in [6, 6.07) is 7.80. The van der Waals surface area contributed by atoms with E-state index in [2.05, 4.69) is 29.2 Å². The third-order valence-electron chi connectivity index (χ3n) is 1.46. The van der Waals surface area contributed by atoms with Gasteiger partial charge in [0.1, 0.15) is 6.61 Å². The molecule has 0 N–H and O–H groups in total. The van der Waals surface area contributed by atoms with Gasteiger partial charge in [0.2, 0.25) is 0 Å². The van der Waals surface area contributed by atoms with E-state index in [1.807, 2.05) is 24.3 Å². The molecule has 0 heterocycles. The quantitative estimate of drug-likeness (QED) is 0.485. The van der Waals surface area contributed by atoms with E-state index in [1.54, 1.807) is 0 Å². The molecule has 1 aromatic rings. The molecule has 0 aliphatic rings. The lowest BCUT2D eigenvalue weighted by atomic mass is 10.2. The van der Waals surface area contributed by atoms with E-state index in [0.29, 0.717) is 6.61 Å². The molecule has 0 aliphatic carbocycles. The van der Waals surface area contributed by atoms with Gasteiger partial charge >= 0.3 is 5.97 Å². The highest BCUT2D eigenvalue weighted by Crippen LogP contribution is 2.07. The van der Waals surface area contributed by atoms with E-state index < -0.39 is 5.97 Å². The second kappa shape index (κ2) is 5.01. The fraction of sp³-hybridized carbons (Fsp3) is 0.100. The Bertz CT molecular complexity index is 303. The van der Waals surface area contributed by atoms with Crippen molar-refractivity contribution < 1.29 is 9.53 Å². The van der Waals surface area contributed by atoms with Crippen molar-refractivity contribution in [2.75, 3.05) is 0 Å². The summed E-state index contributed by atoms with van der Waals surface area (Å²) in [5.41, 5.74) is 0.982. The average Bonchev–Trinajstić information content (AvgIpc) is 2.16. The maximum absolute atomic E-state index is 10.7. The van der Waals surface area contributed by atoms with Gasteiger partial charge in [0.15, 0.2) is 0 Å². The Hall–Kier alpha value is -0.840. The lowest BCUT2D eigenvalue weighted by molar-refractivity contribution is -0.138. The highest BCUT2D eigenvalue weighted by molar-refractivity contribution is 14.1. The van der Waals surface area contributed by atoms with Crippen LogP contribution in [-0.4, -0.2) is 5.97 Å². The van der Waals surface area contributed by atoms with Crippen LogP contribution in [0.25, 0.3) is 0 Å². The summed E-state index contributed by atoms with van der Waals surface area (Å²) in [6.07, 6.45) is 1.16. The Balaban J connectivity index is 2.50. The lowest BCUT2D eigenvalue weighted by Crippen LogP contribution is -1.99. The van der Waals surface area contributed by atoms with Crippen LogP contribution in [0.1, 0.15) is 5.56 Å². The van der Waals surface area contributed by atoms with E-state index in [1.165, 1.54) is 0 Å². The smallest absolute Gasteiger partial charge is 0.330 e. The molecule has 1 aromatic carbocycles. The van der Waals surface area contributed by atoms with Crippen molar-refractivity contribution in [2.45, 2.75) is 6.61 Å². The Kier molecular flexibility index (Phi) is 3.95. The molecule has 0 atom stereocenters. The predicted molar refractivity (Wildman–Crippen MR) is 59.2 cm³/mol. The first-order valence-corrected chi connectivity index (χ1v) is 4.84. The highest BCUT2D eigenvalue weighted by atomic mass is 127. The maximum Gasteiger partial charge on any atom is 0.330 e. The number of carbonyl (C=O) groups is 1. The minimum absolute atomic E-state index is 0.307. The molecule has 0 saturated heterocycles. The van der Waals surface area contributed by atoms with Crippen LogP contribution >= 0.6 is 22.6 Å². The fourth-order valence-electron chi connectivity index (χ4n) is 0.794. The number of benzene rings is 1. The summed E-state index contributed by atoms with van der Waals surface area (Å²) in [6.45, 7) is 3.62. The third kappa shape index (κ3) is 3.59. The molecule has 0 radical (unpaired) electrons. The molecule has 3 heteroatoms. The lowest BCUT2D eigenvalue weighted by Gasteiger charge is -2.01. The zero-order chi connectivity index (χ0) is 9.68. The molecule has 1 rings (SSSR count).